The molecule has 0 heterocycles. The van der Waals surface area contributed by atoms with E-state index < -0.39 is 0 Å². The highest BCUT2D eigenvalue weighted by Crippen LogP contribution is 2.38. The molecule has 0 aliphatic carbocycles. The number of carbonyl (C=O) groups is 1. The van der Waals surface area contributed by atoms with E-state index in [1.54, 1.807) is 36.4 Å². The summed E-state index contributed by atoms with van der Waals surface area (Å²) in [5.74, 6) is 0.355. The summed E-state index contributed by atoms with van der Waals surface area (Å²) < 4.78 is 10.9. The zero-order chi connectivity index (χ0) is 19.3. The monoisotopic (exact) mass is 482 g/mol. The van der Waals surface area contributed by atoms with Gasteiger partial charge in [-0.25, -0.2) is 0 Å². The number of methoxy groups -OCH3 is 2. The maximum Gasteiger partial charge on any atom is 0.178 e. The highest BCUT2D eigenvalue weighted by molar-refractivity contribution is 9.11. The van der Waals surface area contributed by atoms with Gasteiger partial charge in [-0.3, -0.25) is 4.79 Å². The predicted octanol–water partition coefficient (Wildman–Crippen LogP) is 4.94. The molecule has 0 radical (unpaired) electrons. The first-order valence-electron chi connectivity index (χ1n) is 7.40. The minimum absolute atomic E-state index is 0.0321. The number of hydrogen-bond acceptors (Lipinski definition) is 5. The molecular formula is C19H16Br2O5. The van der Waals surface area contributed by atoms with E-state index in [1.165, 1.54) is 26.4 Å². The summed E-state index contributed by atoms with van der Waals surface area (Å²) in [4.78, 5) is 12.0. The fourth-order valence-corrected chi connectivity index (χ4v) is 3.03. The molecule has 0 saturated heterocycles. The fraction of sp³-hybridized carbons (Fsp3) is 0.105. The Morgan fingerprint density at radius 3 is 1.58 bits per heavy atom. The first-order chi connectivity index (χ1) is 12.4. The number of halogens is 2. The smallest absolute Gasteiger partial charge is 0.178 e. The fourth-order valence-electron chi connectivity index (χ4n) is 2.11. The Morgan fingerprint density at radius 1 is 0.846 bits per heavy atom. The number of phenols is 2. The molecule has 2 aromatic carbocycles. The number of phenolic OH excluding ortho intramolecular Hbond substituents is 2. The molecule has 0 spiro atoms. The van der Waals surface area contributed by atoms with Crippen molar-refractivity contribution in [2.24, 2.45) is 0 Å². The summed E-state index contributed by atoms with van der Waals surface area (Å²) in [5.41, 5.74) is 1.27. The predicted molar refractivity (Wildman–Crippen MR) is 108 cm³/mol. The molecule has 0 unspecified atom stereocenters. The summed E-state index contributed by atoms with van der Waals surface area (Å²) >= 11 is 6.54. The van der Waals surface area contributed by atoms with Gasteiger partial charge in [0.1, 0.15) is 0 Å². The van der Waals surface area contributed by atoms with Crippen LogP contribution in [0.2, 0.25) is 0 Å². The molecule has 0 atom stereocenters. The van der Waals surface area contributed by atoms with E-state index in [4.69, 9.17) is 9.47 Å². The van der Waals surface area contributed by atoms with E-state index in [9.17, 15) is 15.0 Å². The van der Waals surface area contributed by atoms with Crippen LogP contribution in [0.15, 0.2) is 45.4 Å². The van der Waals surface area contributed by atoms with Crippen molar-refractivity contribution in [3.63, 3.8) is 0 Å². The quantitative estimate of drug-likeness (QED) is 0.569. The summed E-state index contributed by atoms with van der Waals surface area (Å²) in [5, 5.41) is 19.9. The summed E-state index contributed by atoms with van der Waals surface area (Å²) in [6.07, 6.45) is 5.91. The molecule has 136 valence electrons. The van der Waals surface area contributed by atoms with Crippen LogP contribution in [-0.4, -0.2) is 30.2 Å². The Morgan fingerprint density at radius 2 is 1.23 bits per heavy atom. The molecule has 0 aromatic heterocycles. The van der Waals surface area contributed by atoms with E-state index in [0.29, 0.717) is 31.6 Å². The number of ether oxygens (including phenoxy) is 2. The van der Waals surface area contributed by atoms with Gasteiger partial charge in [0, 0.05) is 0 Å². The van der Waals surface area contributed by atoms with Gasteiger partial charge in [-0.05, 0) is 91.6 Å². The maximum atomic E-state index is 12.0. The van der Waals surface area contributed by atoms with Gasteiger partial charge in [-0.15, -0.1) is 0 Å². The van der Waals surface area contributed by atoms with E-state index in [1.807, 2.05) is 0 Å². The zero-order valence-corrected chi connectivity index (χ0v) is 17.2. The Balaban J connectivity index is 2.17. The first-order valence-corrected chi connectivity index (χ1v) is 8.98. The third-order valence-corrected chi connectivity index (χ3v) is 5.18. The second kappa shape index (κ2) is 8.91. The Hall–Kier alpha value is -2.25. The van der Waals surface area contributed by atoms with Crippen LogP contribution in [0.3, 0.4) is 0 Å². The van der Waals surface area contributed by atoms with Crippen LogP contribution in [0.4, 0.5) is 0 Å². The van der Waals surface area contributed by atoms with Crippen molar-refractivity contribution in [1.82, 2.24) is 0 Å². The van der Waals surface area contributed by atoms with Gasteiger partial charge in [0.05, 0.1) is 23.2 Å². The molecule has 0 aliphatic heterocycles. The zero-order valence-electron chi connectivity index (χ0n) is 14.0. The lowest BCUT2D eigenvalue weighted by atomic mass is 10.1. The average Bonchev–Trinajstić information content (AvgIpc) is 2.64. The van der Waals surface area contributed by atoms with E-state index in [-0.39, 0.29) is 17.3 Å². The Bertz CT molecular complexity index is 816. The van der Waals surface area contributed by atoms with E-state index >= 15 is 0 Å². The van der Waals surface area contributed by atoms with Crippen LogP contribution in [0.25, 0.3) is 12.2 Å². The van der Waals surface area contributed by atoms with Crippen molar-refractivity contribution in [2.75, 3.05) is 14.2 Å². The normalized spacial score (nSPS) is 11.2. The molecule has 0 amide bonds. The van der Waals surface area contributed by atoms with E-state index in [2.05, 4.69) is 31.9 Å². The van der Waals surface area contributed by atoms with Crippen LogP contribution in [0.5, 0.6) is 23.0 Å². The van der Waals surface area contributed by atoms with Crippen LogP contribution in [0, 0.1) is 0 Å². The van der Waals surface area contributed by atoms with Gasteiger partial charge in [-0.2, -0.15) is 0 Å². The van der Waals surface area contributed by atoms with Gasteiger partial charge < -0.3 is 19.7 Å². The molecule has 0 fully saturated rings. The molecule has 0 bridgehead atoms. The van der Waals surface area contributed by atoms with Crippen LogP contribution in [0.1, 0.15) is 11.1 Å². The minimum atomic E-state index is -0.255. The average molecular weight is 484 g/mol. The second-order valence-corrected chi connectivity index (χ2v) is 6.69. The Labute approximate surface area is 167 Å². The number of benzene rings is 2. The number of rotatable bonds is 6. The number of allylic oxidation sites excluding steroid dienone is 2. The second-order valence-electron chi connectivity index (χ2n) is 5.11. The molecule has 2 aromatic rings. The molecule has 7 heteroatoms. The summed E-state index contributed by atoms with van der Waals surface area (Å²) in [7, 11) is 2.92. The third kappa shape index (κ3) is 4.47. The van der Waals surface area contributed by atoms with Crippen molar-refractivity contribution in [3.8, 4) is 23.0 Å². The van der Waals surface area contributed by atoms with Gasteiger partial charge in [0.2, 0.25) is 0 Å². The number of ketones is 1. The van der Waals surface area contributed by atoms with Crippen LogP contribution in [-0.2, 0) is 4.79 Å². The third-order valence-electron chi connectivity index (χ3n) is 3.51. The molecule has 0 saturated carbocycles. The number of hydrogen-bond donors (Lipinski definition) is 2. The molecule has 2 N–H and O–H groups in total. The van der Waals surface area contributed by atoms with Crippen molar-refractivity contribution >= 4 is 49.8 Å². The molecule has 5 nitrogen and oxygen atoms in total. The standard InChI is InChI=1S/C19H16Br2O5/c1-25-14-9-5-11(16(20)18(14)23)3-7-13(22)8-4-12-6-10-15(26-2)19(24)17(12)21/h3-10,23-24H,1-2H3/b7-3+,8-4+. The summed E-state index contributed by atoms with van der Waals surface area (Å²) in [6, 6.07) is 6.65. The van der Waals surface area contributed by atoms with Gasteiger partial charge in [-0.1, -0.05) is 0 Å². The van der Waals surface area contributed by atoms with Crippen LogP contribution >= 0.6 is 31.9 Å². The van der Waals surface area contributed by atoms with Crippen molar-refractivity contribution in [2.45, 2.75) is 0 Å². The van der Waals surface area contributed by atoms with Gasteiger partial charge in [0.25, 0.3) is 0 Å². The lowest BCUT2D eigenvalue weighted by Gasteiger charge is -2.07. The molecular weight excluding hydrogens is 468 g/mol. The van der Waals surface area contributed by atoms with E-state index in [0.717, 1.165) is 0 Å². The SMILES string of the molecule is COc1ccc(/C=C/C(=O)/C=C/c2ccc(OC)c(O)c2Br)c(Br)c1O. The van der Waals surface area contributed by atoms with Crippen LogP contribution < -0.4 is 9.47 Å². The van der Waals surface area contributed by atoms with Gasteiger partial charge in [0.15, 0.2) is 28.8 Å². The number of aromatic hydroxyl groups is 2. The lowest BCUT2D eigenvalue weighted by molar-refractivity contribution is -0.110. The van der Waals surface area contributed by atoms with Gasteiger partial charge >= 0.3 is 0 Å². The van der Waals surface area contributed by atoms with Crippen molar-refractivity contribution in [1.29, 1.82) is 0 Å². The first kappa shape index (κ1) is 20.1. The minimum Gasteiger partial charge on any atom is -0.503 e. The topological polar surface area (TPSA) is 76.0 Å². The lowest BCUT2D eigenvalue weighted by Crippen LogP contribution is -1.89. The highest BCUT2D eigenvalue weighted by Gasteiger charge is 2.10. The highest BCUT2D eigenvalue weighted by atomic mass is 79.9. The molecule has 26 heavy (non-hydrogen) atoms. The Kier molecular flexibility index (Phi) is 6.88. The molecule has 2 rings (SSSR count). The van der Waals surface area contributed by atoms with Crippen molar-refractivity contribution in [3.05, 3.63) is 56.5 Å². The summed E-state index contributed by atoms with van der Waals surface area (Å²) in [6.45, 7) is 0. The maximum absolute atomic E-state index is 12.0. The number of carbonyl (C=O) groups excluding carboxylic acids is 1. The molecule has 0 aliphatic rings. The van der Waals surface area contributed by atoms with Crippen molar-refractivity contribution < 1.29 is 24.5 Å². The largest absolute Gasteiger partial charge is 0.503 e.